The molecule has 2 aliphatic heterocycles. The summed E-state index contributed by atoms with van der Waals surface area (Å²) in [5.74, 6) is 0.607. The number of ether oxygens (including phenoxy) is 1. The Morgan fingerprint density at radius 2 is 1.85 bits per heavy atom. The fourth-order valence-electron chi connectivity index (χ4n) is 5.78. The zero-order chi connectivity index (χ0) is 27.0. The quantitative estimate of drug-likeness (QED) is 0.324. The second-order valence-electron chi connectivity index (χ2n) is 11.5. The summed E-state index contributed by atoms with van der Waals surface area (Å²) in [6, 6.07) is 20.4. The van der Waals surface area contributed by atoms with Crippen LogP contribution in [0.4, 0.5) is 11.4 Å². The van der Waals surface area contributed by atoms with Crippen molar-refractivity contribution in [3.63, 3.8) is 0 Å². The Kier molecular flexibility index (Phi) is 6.87. The van der Waals surface area contributed by atoms with Gasteiger partial charge in [-0.1, -0.05) is 18.2 Å². The number of para-hydroxylation sites is 1. The summed E-state index contributed by atoms with van der Waals surface area (Å²) in [7, 11) is 0. The second-order valence-corrected chi connectivity index (χ2v) is 11.5. The van der Waals surface area contributed by atoms with Gasteiger partial charge in [-0.25, -0.2) is 4.98 Å². The molecule has 0 spiro atoms. The molecule has 0 aliphatic carbocycles. The van der Waals surface area contributed by atoms with Crippen molar-refractivity contribution >= 4 is 28.3 Å². The Balaban J connectivity index is 1.20. The number of H-pyrrole nitrogens is 1. The van der Waals surface area contributed by atoms with Gasteiger partial charge in [0.1, 0.15) is 11.3 Å². The number of aromatic nitrogens is 2. The van der Waals surface area contributed by atoms with Crippen LogP contribution in [0.2, 0.25) is 0 Å². The summed E-state index contributed by atoms with van der Waals surface area (Å²) in [6.07, 6.45) is 2.57. The minimum absolute atomic E-state index is 0.157. The molecule has 1 amide bonds. The second kappa shape index (κ2) is 10.5. The van der Waals surface area contributed by atoms with Crippen LogP contribution in [0.15, 0.2) is 60.7 Å². The van der Waals surface area contributed by atoms with Gasteiger partial charge in [-0.15, -0.1) is 0 Å². The molecule has 7 heteroatoms. The number of aryl methyl sites for hydroxylation is 1. The van der Waals surface area contributed by atoms with Gasteiger partial charge in [0.25, 0.3) is 5.91 Å². The maximum atomic E-state index is 13.3. The van der Waals surface area contributed by atoms with Crippen molar-refractivity contribution < 1.29 is 9.53 Å². The van der Waals surface area contributed by atoms with E-state index in [9.17, 15) is 4.79 Å². The zero-order valence-electron chi connectivity index (χ0n) is 23.1. The third-order valence-corrected chi connectivity index (χ3v) is 7.83. The van der Waals surface area contributed by atoms with Crippen LogP contribution in [0.5, 0.6) is 0 Å². The molecule has 6 rings (SSSR count). The first-order valence-corrected chi connectivity index (χ1v) is 14.0. The van der Waals surface area contributed by atoms with Crippen LogP contribution in [0.1, 0.15) is 48.2 Å². The molecule has 2 saturated heterocycles. The predicted octanol–water partition coefficient (Wildman–Crippen LogP) is 6.00. The summed E-state index contributed by atoms with van der Waals surface area (Å²) in [6.45, 7) is 12.1. The Morgan fingerprint density at radius 3 is 2.59 bits per heavy atom. The molecular weight excluding hydrogens is 486 g/mol. The molecule has 3 aromatic carbocycles. The van der Waals surface area contributed by atoms with Crippen LogP contribution in [0.3, 0.4) is 0 Å². The fraction of sp³-hybridized carbons (Fsp3) is 0.375. The van der Waals surface area contributed by atoms with Crippen LogP contribution in [-0.4, -0.2) is 59.2 Å². The minimum Gasteiger partial charge on any atom is -0.372 e. The average Bonchev–Trinajstić information content (AvgIpc) is 3.59. The molecule has 0 radical (unpaired) electrons. The van der Waals surface area contributed by atoms with E-state index >= 15 is 0 Å². The highest BCUT2D eigenvalue weighted by molar-refractivity contribution is 6.11. The first kappa shape index (κ1) is 25.6. The molecular formula is C32H37N5O2. The van der Waals surface area contributed by atoms with Gasteiger partial charge in [-0.2, -0.15) is 0 Å². The number of rotatable bonds is 6. The lowest BCUT2D eigenvalue weighted by Gasteiger charge is -2.39. The van der Waals surface area contributed by atoms with Crippen molar-refractivity contribution in [2.24, 2.45) is 0 Å². The number of aromatic amines is 1. The number of benzene rings is 3. The lowest BCUT2D eigenvalue weighted by Crippen LogP contribution is -2.48. The number of carbonyl (C=O) groups excluding carboxylic acids is 1. The molecule has 0 bridgehead atoms. The maximum Gasteiger partial charge on any atom is 0.257 e. The molecule has 0 saturated carbocycles. The van der Waals surface area contributed by atoms with Gasteiger partial charge in [0.2, 0.25) is 0 Å². The molecule has 2 fully saturated rings. The first-order valence-electron chi connectivity index (χ1n) is 14.0. The van der Waals surface area contributed by atoms with Gasteiger partial charge < -0.3 is 19.9 Å². The smallest absolute Gasteiger partial charge is 0.257 e. The van der Waals surface area contributed by atoms with Crippen molar-refractivity contribution in [3.05, 3.63) is 77.4 Å². The molecule has 2 N–H and O–H groups in total. The highest BCUT2D eigenvalue weighted by Crippen LogP contribution is 2.30. The standard InChI is InChI=1S/C32H37N5O2/c1-22-19-25(37-17-18-39-32(2,3)21-37)13-14-26(22)30-34-28-8-6-7-27(29(28)35-30)31(38)33-24-11-9-23(10-12-24)20-36-15-4-5-16-36/h6-14,19H,4-5,15-18,20-21H2,1-3H3,(H,33,38)(H,34,35). The number of morpholine rings is 1. The number of nitrogens with zero attached hydrogens (tertiary/aromatic N) is 3. The van der Waals surface area contributed by atoms with E-state index in [0.29, 0.717) is 11.1 Å². The largest absolute Gasteiger partial charge is 0.372 e. The number of likely N-dealkylation sites (tertiary alicyclic amines) is 1. The third-order valence-electron chi connectivity index (χ3n) is 7.83. The number of hydrogen-bond acceptors (Lipinski definition) is 5. The number of hydrogen-bond donors (Lipinski definition) is 2. The fourth-order valence-corrected chi connectivity index (χ4v) is 5.78. The van der Waals surface area contributed by atoms with Gasteiger partial charge in [0.15, 0.2) is 0 Å². The normalized spacial score (nSPS) is 17.6. The highest BCUT2D eigenvalue weighted by atomic mass is 16.5. The number of fused-ring (bicyclic) bond motifs is 1. The van der Waals surface area contributed by atoms with E-state index in [-0.39, 0.29) is 11.5 Å². The molecule has 3 heterocycles. The lowest BCUT2D eigenvalue weighted by molar-refractivity contribution is -0.0276. The number of nitrogens with one attached hydrogen (secondary N) is 2. The topological polar surface area (TPSA) is 73.5 Å². The first-order chi connectivity index (χ1) is 18.8. The molecule has 0 unspecified atom stereocenters. The number of amides is 1. The number of carbonyl (C=O) groups is 1. The monoisotopic (exact) mass is 523 g/mol. The molecule has 0 atom stereocenters. The van der Waals surface area contributed by atoms with E-state index in [1.165, 1.54) is 37.2 Å². The molecule has 39 heavy (non-hydrogen) atoms. The zero-order valence-corrected chi connectivity index (χ0v) is 23.1. The Morgan fingerprint density at radius 1 is 1.05 bits per heavy atom. The summed E-state index contributed by atoms with van der Waals surface area (Å²) >= 11 is 0. The van der Waals surface area contributed by atoms with Crippen LogP contribution in [0, 0.1) is 6.92 Å². The van der Waals surface area contributed by atoms with Crippen LogP contribution in [-0.2, 0) is 11.3 Å². The summed E-state index contributed by atoms with van der Waals surface area (Å²) in [5.41, 5.74) is 7.33. The van der Waals surface area contributed by atoms with Gasteiger partial charge in [-0.3, -0.25) is 9.69 Å². The summed E-state index contributed by atoms with van der Waals surface area (Å²) in [4.78, 5) is 26.5. The van der Waals surface area contributed by atoms with E-state index in [0.717, 1.165) is 54.4 Å². The van der Waals surface area contributed by atoms with Gasteiger partial charge in [0.05, 0.1) is 23.3 Å². The van der Waals surface area contributed by atoms with Crippen LogP contribution >= 0.6 is 0 Å². The van der Waals surface area contributed by atoms with Crippen molar-refractivity contribution in [2.45, 2.75) is 45.8 Å². The van der Waals surface area contributed by atoms with E-state index in [1.54, 1.807) is 0 Å². The average molecular weight is 524 g/mol. The van der Waals surface area contributed by atoms with Gasteiger partial charge in [-0.05, 0) is 100 Å². The molecule has 1 aromatic heterocycles. The SMILES string of the molecule is Cc1cc(N2CCOC(C)(C)C2)ccc1-c1nc2c(C(=O)Nc3ccc(CN4CCCC4)cc3)cccc2[nH]1. The van der Waals surface area contributed by atoms with Gasteiger partial charge in [0, 0.05) is 36.6 Å². The Bertz CT molecular complexity index is 1480. The molecule has 2 aliphatic rings. The number of anilines is 2. The Labute approximate surface area is 230 Å². The van der Waals surface area contributed by atoms with E-state index in [2.05, 4.69) is 71.2 Å². The van der Waals surface area contributed by atoms with E-state index in [1.807, 2.05) is 30.3 Å². The van der Waals surface area contributed by atoms with E-state index in [4.69, 9.17) is 9.72 Å². The van der Waals surface area contributed by atoms with Crippen molar-refractivity contribution in [2.75, 3.05) is 43.0 Å². The van der Waals surface area contributed by atoms with Gasteiger partial charge >= 0.3 is 0 Å². The Hall–Kier alpha value is -3.68. The lowest BCUT2D eigenvalue weighted by atomic mass is 10.0. The predicted molar refractivity (Wildman–Crippen MR) is 157 cm³/mol. The maximum absolute atomic E-state index is 13.3. The molecule has 202 valence electrons. The third kappa shape index (κ3) is 5.56. The van der Waals surface area contributed by atoms with Crippen LogP contribution < -0.4 is 10.2 Å². The van der Waals surface area contributed by atoms with Crippen molar-refractivity contribution in [1.82, 2.24) is 14.9 Å². The number of imidazole rings is 1. The van der Waals surface area contributed by atoms with Crippen molar-refractivity contribution in [1.29, 1.82) is 0 Å². The molecule has 4 aromatic rings. The summed E-state index contributed by atoms with van der Waals surface area (Å²) < 4.78 is 5.88. The summed E-state index contributed by atoms with van der Waals surface area (Å²) in [5, 5.41) is 3.06. The van der Waals surface area contributed by atoms with E-state index < -0.39 is 0 Å². The van der Waals surface area contributed by atoms with Crippen LogP contribution in [0.25, 0.3) is 22.4 Å². The minimum atomic E-state index is -0.159. The van der Waals surface area contributed by atoms with Crippen molar-refractivity contribution in [3.8, 4) is 11.4 Å². The highest BCUT2D eigenvalue weighted by Gasteiger charge is 2.27. The molecule has 7 nitrogen and oxygen atoms in total.